The van der Waals surface area contributed by atoms with Gasteiger partial charge in [0, 0.05) is 22.8 Å². The monoisotopic (exact) mass is 449 g/mol. The second-order valence-corrected chi connectivity index (χ2v) is 8.67. The van der Waals surface area contributed by atoms with E-state index in [1.165, 1.54) is 16.7 Å². The van der Waals surface area contributed by atoms with Crippen molar-refractivity contribution >= 4 is 33.7 Å². The number of anilines is 4. The van der Waals surface area contributed by atoms with E-state index in [-0.39, 0.29) is 0 Å². The number of hydrogen-bond donors (Lipinski definition) is 3. The van der Waals surface area contributed by atoms with Gasteiger partial charge in [-0.2, -0.15) is 0 Å². The van der Waals surface area contributed by atoms with E-state index in [1.54, 1.807) is 0 Å². The van der Waals surface area contributed by atoms with Gasteiger partial charge in [-0.15, -0.1) is 0 Å². The van der Waals surface area contributed by atoms with Crippen LogP contribution in [-0.4, -0.2) is 4.98 Å². The van der Waals surface area contributed by atoms with Crippen molar-refractivity contribution in [1.82, 2.24) is 4.98 Å². The molecule has 170 valence electrons. The summed E-state index contributed by atoms with van der Waals surface area (Å²) >= 11 is 0. The van der Waals surface area contributed by atoms with Gasteiger partial charge in [-0.3, -0.25) is 9.59 Å². The number of aromatic nitrogens is 1. The van der Waals surface area contributed by atoms with Crippen LogP contribution in [0.15, 0.2) is 88.6 Å². The van der Waals surface area contributed by atoms with Crippen molar-refractivity contribution in [2.24, 2.45) is 0 Å². The molecule has 0 atom stereocenters. The van der Waals surface area contributed by atoms with Gasteiger partial charge < -0.3 is 15.6 Å². The largest absolute Gasteiger partial charge is 0.359 e. The van der Waals surface area contributed by atoms with Gasteiger partial charge in [-0.05, 0) is 60.2 Å². The second kappa shape index (κ2) is 9.40. The molecule has 0 bridgehead atoms. The number of fused-ring (bicyclic) bond motifs is 1. The summed E-state index contributed by atoms with van der Waals surface area (Å²) in [7, 11) is 0. The topological polar surface area (TPSA) is 74.0 Å². The lowest BCUT2D eigenvalue weighted by molar-refractivity contribution is 0.922. The summed E-state index contributed by atoms with van der Waals surface area (Å²) in [5, 5.41) is 7.32. The zero-order valence-electron chi connectivity index (χ0n) is 19.2. The Labute approximate surface area is 198 Å². The Morgan fingerprint density at radius 3 is 2.09 bits per heavy atom. The van der Waals surface area contributed by atoms with Gasteiger partial charge >= 0.3 is 0 Å². The minimum absolute atomic E-state index is 0.304. The molecule has 0 aliphatic carbocycles. The van der Waals surface area contributed by atoms with E-state index in [0.29, 0.717) is 11.4 Å². The maximum atomic E-state index is 12.4. The molecule has 0 fully saturated rings. The summed E-state index contributed by atoms with van der Waals surface area (Å²) in [4.78, 5) is 27.9. The Morgan fingerprint density at radius 1 is 0.706 bits per heavy atom. The first kappa shape index (κ1) is 21.7. The van der Waals surface area contributed by atoms with Crippen LogP contribution in [0.4, 0.5) is 22.7 Å². The van der Waals surface area contributed by atoms with Gasteiger partial charge in [0.25, 0.3) is 10.9 Å². The van der Waals surface area contributed by atoms with Crippen LogP contribution in [0, 0.1) is 0 Å². The zero-order valence-corrected chi connectivity index (χ0v) is 19.2. The van der Waals surface area contributed by atoms with E-state index in [2.05, 4.69) is 65.0 Å². The number of hydrogen-bond acceptors (Lipinski definition) is 4. The molecule has 5 aromatic rings. The maximum absolute atomic E-state index is 12.4. The average Bonchev–Trinajstić information content (AvgIpc) is 3.28. The Balaban J connectivity index is 1.35. The summed E-state index contributed by atoms with van der Waals surface area (Å²) in [6, 6.07) is 24.7. The first-order valence-electron chi connectivity index (χ1n) is 11.7. The van der Waals surface area contributed by atoms with Crippen molar-refractivity contribution in [3.63, 3.8) is 0 Å². The Bertz CT molecular complexity index is 1490. The summed E-state index contributed by atoms with van der Waals surface area (Å²) in [5.41, 5.74) is 5.93. The van der Waals surface area contributed by atoms with E-state index in [1.807, 2.05) is 36.5 Å². The number of nitrogens with one attached hydrogen (secondary N) is 3. The Morgan fingerprint density at radius 2 is 1.35 bits per heavy atom. The lowest BCUT2D eigenvalue weighted by Crippen LogP contribution is -2.35. The molecule has 0 unspecified atom stereocenters. The number of aromatic amines is 1. The number of aryl methyl sites for hydroxylation is 3. The standard InChI is InChI=1S/C29H27N3O2/c1-2-6-19-11-14-22(15-12-19)31-26-27(29(34)28(26)33)32-25-18-30-24-16-13-21(17-23(24)25)10-9-20-7-4-3-5-8-20/h3-5,7-8,11-18,30-32H,2,6,9-10H2,1H3. The Kier molecular flexibility index (Phi) is 6.00. The highest BCUT2D eigenvalue weighted by atomic mass is 16.2. The fourth-order valence-electron chi connectivity index (χ4n) is 4.31. The van der Waals surface area contributed by atoms with Crippen molar-refractivity contribution in [3.8, 4) is 0 Å². The van der Waals surface area contributed by atoms with E-state index in [9.17, 15) is 9.59 Å². The predicted molar refractivity (Wildman–Crippen MR) is 141 cm³/mol. The van der Waals surface area contributed by atoms with Crippen LogP contribution in [0.5, 0.6) is 0 Å². The van der Waals surface area contributed by atoms with Crippen LogP contribution in [0.25, 0.3) is 10.9 Å². The zero-order chi connectivity index (χ0) is 23.5. The molecule has 0 aliphatic heterocycles. The quantitative estimate of drug-likeness (QED) is 0.242. The lowest BCUT2D eigenvalue weighted by Gasteiger charge is -2.15. The molecule has 3 N–H and O–H groups in total. The minimum Gasteiger partial charge on any atom is -0.359 e. The third-order valence-electron chi connectivity index (χ3n) is 6.22. The number of H-pyrrole nitrogens is 1. The molecule has 5 rings (SSSR count). The molecule has 5 heteroatoms. The van der Waals surface area contributed by atoms with Gasteiger partial charge in [0.2, 0.25) is 0 Å². The molecular formula is C29H27N3O2. The summed E-state index contributed by atoms with van der Waals surface area (Å²) in [6.07, 6.45) is 5.82. The molecule has 0 spiro atoms. The third-order valence-corrected chi connectivity index (χ3v) is 6.22. The molecule has 5 nitrogen and oxygen atoms in total. The van der Waals surface area contributed by atoms with Crippen LogP contribution in [-0.2, 0) is 19.3 Å². The van der Waals surface area contributed by atoms with Crippen LogP contribution >= 0.6 is 0 Å². The molecule has 0 aliphatic rings. The number of benzene rings is 3. The molecule has 34 heavy (non-hydrogen) atoms. The molecule has 1 heterocycles. The molecular weight excluding hydrogens is 422 g/mol. The van der Waals surface area contributed by atoms with Gasteiger partial charge in [0.1, 0.15) is 11.4 Å². The van der Waals surface area contributed by atoms with Crippen LogP contribution in [0.2, 0.25) is 0 Å². The predicted octanol–water partition coefficient (Wildman–Crippen LogP) is 5.99. The molecule has 0 saturated carbocycles. The van der Waals surface area contributed by atoms with Crippen LogP contribution < -0.4 is 21.5 Å². The van der Waals surface area contributed by atoms with E-state index < -0.39 is 10.9 Å². The van der Waals surface area contributed by atoms with E-state index in [0.717, 1.165) is 48.0 Å². The van der Waals surface area contributed by atoms with E-state index in [4.69, 9.17) is 0 Å². The summed E-state index contributed by atoms with van der Waals surface area (Å²) < 4.78 is 0. The summed E-state index contributed by atoms with van der Waals surface area (Å²) in [6.45, 7) is 2.14. The molecule has 1 aromatic heterocycles. The highest BCUT2D eigenvalue weighted by Crippen LogP contribution is 2.30. The smallest absolute Gasteiger partial charge is 0.253 e. The average molecular weight is 450 g/mol. The minimum atomic E-state index is -0.500. The first-order valence-corrected chi connectivity index (χ1v) is 11.7. The van der Waals surface area contributed by atoms with Crippen molar-refractivity contribution in [2.75, 3.05) is 10.6 Å². The maximum Gasteiger partial charge on any atom is 0.253 e. The van der Waals surface area contributed by atoms with Crippen molar-refractivity contribution < 1.29 is 0 Å². The highest BCUT2D eigenvalue weighted by Gasteiger charge is 2.22. The molecule has 4 aromatic carbocycles. The number of rotatable bonds is 9. The molecule has 0 radical (unpaired) electrons. The van der Waals surface area contributed by atoms with Gasteiger partial charge in [-0.25, -0.2) is 0 Å². The molecule has 0 saturated heterocycles. The van der Waals surface area contributed by atoms with Gasteiger partial charge in [0.05, 0.1) is 5.69 Å². The summed E-state index contributed by atoms with van der Waals surface area (Å²) in [5.74, 6) is 0. The highest BCUT2D eigenvalue weighted by molar-refractivity contribution is 5.96. The fourth-order valence-corrected chi connectivity index (χ4v) is 4.31. The van der Waals surface area contributed by atoms with Crippen LogP contribution in [0.1, 0.15) is 30.0 Å². The third kappa shape index (κ3) is 4.37. The van der Waals surface area contributed by atoms with Gasteiger partial charge in [-0.1, -0.05) is 61.9 Å². The van der Waals surface area contributed by atoms with Crippen LogP contribution in [0.3, 0.4) is 0 Å². The molecule has 0 amide bonds. The lowest BCUT2D eigenvalue weighted by atomic mass is 10.0. The second-order valence-electron chi connectivity index (χ2n) is 8.67. The van der Waals surface area contributed by atoms with Gasteiger partial charge in [0.15, 0.2) is 0 Å². The van der Waals surface area contributed by atoms with Crippen molar-refractivity contribution in [3.05, 3.63) is 116 Å². The SMILES string of the molecule is CCCc1ccc(Nc2c(Nc3c[nH]c4ccc(CCc5ccccc5)cc34)c(=O)c2=O)cc1. The fraction of sp³-hybridized carbons (Fsp3) is 0.172. The first-order chi connectivity index (χ1) is 16.6. The van der Waals surface area contributed by atoms with Crippen molar-refractivity contribution in [2.45, 2.75) is 32.6 Å². The Hall–Kier alpha value is -4.12. The normalized spacial score (nSPS) is 11.2. The van der Waals surface area contributed by atoms with Crippen molar-refractivity contribution in [1.29, 1.82) is 0 Å². The van der Waals surface area contributed by atoms with E-state index >= 15 is 0 Å².